The first kappa shape index (κ1) is 10.4. The van der Waals surface area contributed by atoms with E-state index in [1.165, 1.54) is 6.21 Å². The standard InChI is InChI=1S/C10H13NO3/c1-3-14-10-6-9(13-2)5-4-8(10)7-11-12/h4-7,12H,3H2,1-2H3. The topological polar surface area (TPSA) is 51.0 Å². The summed E-state index contributed by atoms with van der Waals surface area (Å²) in [6.07, 6.45) is 1.32. The lowest BCUT2D eigenvalue weighted by atomic mass is 10.2. The van der Waals surface area contributed by atoms with Crippen molar-refractivity contribution in [3.05, 3.63) is 23.8 Å². The Balaban J connectivity index is 3.03. The Morgan fingerprint density at radius 2 is 2.29 bits per heavy atom. The van der Waals surface area contributed by atoms with Crippen molar-refractivity contribution in [2.24, 2.45) is 5.16 Å². The SMILES string of the molecule is CCOc1cc(OC)ccc1C=NO. The number of ether oxygens (including phenoxy) is 2. The van der Waals surface area contributed by atoms with Crippen molar-refractivity contribution in [2.45, 2.75) is 6.92 Å². The van der Waals surface area contributed by atoms with Crippen LogP contribution >= 0.6 is 0 Å². The molecule has 0 saturated heterocycles. The molecule has 0 fully saturated rings. The average Bonchev–Trinajstić information content (AvgIpc) is 2.21. The number of rotatable bonds is 4. The van der Waals surface area contributed by atoms with Gasteiger partial charge in [0, 0.05) is 11.6 Å². The highest BCUT2D eigenvalue weighted by atomic mass is 16.5. The largest absolute Gasteiger partial charge is 0.497 e. The molecule has 0 saturated carbocycles. The summed E-state index contributed by atoms with van der Waals surface area (Å²) in [6.45, 7) is 2.44. The Morgan fingerprint density at radius 1 is 1.50 bits per heavy atom. The average molecular weight is 195 g/mol. The van der Waals surface area contributed by atoms with Gasteiger partial charge in [0.2, 0.25) is 0 Å². The molecule has 1 N–H and O–H groups in total. The minimum Gasteiger partial charge on any atom is -0.497 e. The third-order valence-corrected chi connectivity index (χ3v) is 1.72. The number of oxime groups is 1. The van der Waals surface area contributed by atoms with E-state index in [-0.39, 0.29) is 0 Å². The quantitative estimate of drug-likeness (QED) is 0.453. The fourth-order valence-corrected chi connectivity index (χ4v) is 1.09. The Hall–Kier alpha value is -1.71. The summed E-state index contributed by atoms with van der Waals surface area (Å²) in [4.78, 5) is 0. The van der Waals surface area contributed by atoms with Gasteiger partial charge in [0.25, 0.3) is 0 Å². The van der Waals surface area contributed by atoms with Gasteiger partial charge >= 0.3 is 0 Å². The van der Waals surface area contributed by atoms with Crippen molar-refractivity contribution in [2.75, 3.05) is 13.7 Å². The van der Waals surface area contributed by atoms with Crippen molar-refractivity contribution >= 4 is 6.21 Å². The zero-order valence-corrected chi connectivity index (χ0v) is 8.23. The maximum absolute atomic E-state index is 8.42. The predicted octanol–water partition coefficient (Wildman–Crippen LogP) is 1.90. The second-order valence-corrected chi connectivity index (χ2v) is 2.58. The van der Waals surface area contributed by atoms with E-state index in [1.807, 2.05) is 6.92 Å². The molecule has 0 aliphatic carbocycles. The maximum atomic E-state index is 8.42. The van der Waals surface area contributed by atoms with E-state index in [9.17, 15) is 0 Å². The van der Waals surface area contributed by atoms with Gasteiger partial charge in [-0.2, -0.15) is 0 Å². The Kier molecular flexibility index (Phi) is 3.79. The molecule has 0 bridgehead atoms. The van der Waals surface area contributed by atoms with Crippen molar-refractivity contribution in [1.82, 2.24) is 0 Å². The van der Waals surface area contributed by atoms with Crippen LogP contribution in [-0.2, 0) is 0 Å². The van der Waals surface area contributed by atoms with Gasteiger partial charge in [-0.15, -0.1) is 0 Å². The summed E-state index contributed by atoms with van der Waals surface area (Å²) in [5, 5.41) is 11.4. The third kappa shape index (κ3) is 2.39. The van der Waals surface area contributed by atoms with E-state index >= 15 is 0 Å². The number of hydrogen-bond donors (Lipinski definition) is 1. The Bertz CT molecular complexity index is 323. The summed E-state index contributed by atoms with van der Waals surface area (Å²) in [5.74, 6) is 1.35. The molecule has 0 aliphatic rings. The first-order valence-electron chi connectivity index (χ1n) is 4.30. The van der Waals surface area contributed by atoms with Gasteiger partial charge in [-0.1, -0.05) is 5.16 Å². The first-order valence-corrected chi connectivity index (χ1v) is 4.30. The van der Waals surface area contributed by atoms with Gasteiger partial charge in [-0.05, 0) is 19.1 Å². The zero-order chi connectivity index (χ0) is 10.4. The van der Waals surface area contributed by atoms with Gasteiger partial charge in [0.15, 0.2) is 0 Å². The Labute approximate surface area is 82.8 Å². The van der Waals surface area contributed by atoms with Crippen LogP contribution in [0.3, 0.4) is 0 Å². The summed E-state index contributed by atoms with van der Waals surface area (Å²) in [7, 11) is 1.59. The fraction of sp³-hybridized carbons (Fsp3) is 0.300. The van der Waals surface area contributed by atoms with Crippen molar-refractivity contribution in [3.8, 4) is 11.5 Å². The molecule has 4 heteroatoms. The molecule has 76 valence electrons. The third-order valence-electron chi connectivity index (χ3n) is 1.72. The van der Waals surface area contributed by atoms with E-state index in [4.69, 9.17) is 14.7 Å². The minimum atomic E-state index is 0.555. The first-order chi connectivity index (χ1) is 6.81. The lowest BCUT2D eigenvalue weighted by Gasteiger charge is -2.08. The predicted molar refractivity (Wildman–Crippen MR) is 53.5 cm³/mol. The highest BCUT2D eigenvalue weighted by Gasteiger charge is 2.03. The van der Waals surface area contributed by atoms with E-state index < -0.39 is 0 Å². The van der Waals surface area contributed by atoms with Gasteiger partial charge in [0.05, 0.1) is 19.9 Å². The monoisotopic (exact) mass is 195 g/mol. The van der Waals surface area contributed by atoms with Crippen LogP contribution in [0.25, 0.3) is 0 Å². The summed E-state index contributed by atoms with van der Waals surface area (Å²) in [6, 6.07) is 5.30. The molecular weight excluding hydrogens is 182 g/mol. The van der Waals surface area contributed by atoms with Gasteiger partial charge in [-0.3, -0.25) is 0 Å². The van der Waals surface area contributed by atoms with Crippen LogP contribution in [0.4, 0.5) is 0 Å². The molecule has 0 atom stereocenters. The van der Waals surface area contributed by atoms with Crippen LogP contribution in [-0.4, -0.2) is 25.1 Å². The van der Waals surface area contributed by atoms with E-state index in [0.29, 0.717) is 18.1 Å². The second-order valence-electron chi connectivity index (χ2n) is 2.58. The highest BCUT2D eigenvalue weighted by Crippen LogP contribution is 2.23. The van der Waals surface area contributed by atoms with Crippen LogP contribution in [0, 0.1) is 0 Å². The van der Waals surface area contributed by atoms with Crippen molar-refractivity contribution < 1.29 is 14.7 Å². The van der Waals surface area contributed by atoms with Crippen LogP contribution in [0.1, 0.15) is 12.5 Å². The molecule has 14 heavy (non-hydrogen) atoms. The molecule has 1 rings (SSSR count). The molecule has 0 aromatic heterocycles. The lowest BCUT2D eigenvalue weighted by molar-refractivity contribution is 0.320. The highest BCUT2D eigenvalue weighted by molar-refractivity contribution is 5.83. The molecule has 0 heterocycles. The molecular formula is C10H13NO3. The fourth-order valence-electron chi connectivity index (χ4n) is 1.09. The molecule has 0 radical (unpaired) electrons. The van der Waals surface area contributed by atoms with Gasteiger partial charge < -0.3 is 14.7 Å². The second kappa shape index (κ2) is 5.11. The van der Waals surface area contributed by atoms with Crippen LogP contribution in [0.15, 0.2) is 23.4 Å². The molecule has 0 amide bonds. The van der Waals surface area contributed by atoms with E-state index in [0.717, 1.165) is 5.56 Å². The van der Waals surface area contributed by atoms with Crippen LogP contribution in [0.2, 0.25) is 0 Å². The molecule has 0 unspecified atom stereocenters. The number of methoxy groups -OCH3 is 1. The summed E-state index contributed by atoms with van der Waals surface area (Å²) < 4.78 is 10.4. The van der Waals surface area contributed by atoms with E-state index in [2.05, 4.69) is 5.16 Å². The normalized spacial score (nSPS) is 10.4. The van der Waals surface area contributed by atoms with Crippen LogP contribution < -0.4 is 9.47 Å². The summed E-state index contributed by atoms with van der Waals surface area (Å²) in [5.41, 5.74) is 0.718. The van der Waals surface area contributed by atoms with Crippen molar-refractivity contribution in [1.29, 1.82) is 0 Å². The van der Waals surface area contributed by atoms with Gasteiger partial charge in [0.1, 0.15) is 11.5 Å². The minimum absolute atomic E-state index is 0.555. The zero-order valence-electron chi connectivity index (χ0n) is 8.23. The maximum Gasteiger partial charge on any atom is 0.131 e. The lowest BCUT2D eigenvalue weighted by Crippen LogP contribution is -1.97. The van der Waals surface area contributed by atoms with E-state index in [1.54, 1.807) is 25.3 Å². The number of benzene rings is 1. The summed E-state index contributed by atoms with van der Waals surface area (Å²) >= 11 is 0. The molecule has 4 nitrogen and oxygen atoms in total. The molecule has 1 aromatic rings. The smallest absolute Gasteiger partial charge is 0.131 e. The molecule has 1 aromatic carbocycles. The molecule has 0 spiro atoms. The Morgan fingerprint density at radius 3 is 2.86 bits per heavy atom. The van der Waals surface area contributed by atoms with Crippen LogP contribution in [0.5, 0.6) is 11.5 Å². The van der Waals surface area contributed by atoms with Gasteiger partial charge in [-0.25, -0.2) is 0 Å². The van der Waals surface area contributed by atoms with Crippen molar-refractivity contribution in [3.63, 3.8) is 0 Å². The number of nitrogens with zero attached hydrogens (tertiary/aromatic N) is 1. The number of hydrogen-bond acceptors (Lipinski definition) is 4. The molecule has 0 aliphatic heterocycles.